The Hall–Kier alpha value is -10.1. The normalized spacial score (nSPS) is 11.6. The molecule has 0 unspecified atom stereocenters. The molecule has 0 spiro atoms. The molecule has 0 atom stereocenters. The number of benzene rings is 9. The summed E-state index contributed by atoms with van der Waals surface area (Å²) < 4.78 is 2.26. The van der Waals surface area contributed by atoms with E-state index in [0.29, 0.717) is 11.6 Å². The molecule has 0 aliphatic carbocycles. The zero-order valence-electron chi connectivity index (χ0n) is 39.2. The number of pyridine rings is 2. The zero-order valence-corrected chi connectivity index (χ0v) is 39.2. The molecule has 0 amide bonds. The summed E-state index contributed by atoms with van der Waals surface area (Å²) in [6.07, 6.45) is 3.65. The second kappa shape index (κ2) is 17.4. The maximum Gasteiger partial charge on any atom is 0.160 e. The average molecular weight is 933 g/mol. The molecule has 8 nitrogen and oxygen atoms in total. The van der Waals surface area contributed by atoms with Crippen molar-refractivity contribution in [3.8, 4) is 84.9 Å². The monoisotopic (exact) mass is 932 g/mol. The molecule has 0 bridgehead atoms. The first kappa shape index (κ1) is 41.9. The predicted molar refractivity (Wildman–Crippen MR) is 296 cm³/mol. The first-order valence-corrected chi connectivity index (χ1v) is 24.3. The Morgan fingerprint density at radius 2 is 0.712 bits per heavy atom. The smallest absolute Gasteiger partial charge is 0.160 e. The largest absolute Gasteiger partial charge is 0.292 e. The van der Waals surface area contributed by atoms with Crippen LogP contribution in [0.15, 0.2) is 243 Å². The maximum atomic E-state index is 5.66. The summed E-state index contributed by atoms with van der Waals surface area (Å²) in [5, 5.41) is 6.41. The van der Waals surface area contributed by atoms with E-state index in [1.807, 2.05) is 67.0 Å². The molecule has 0 fully saturated rings. The van der Waals surface area contributed by atoms with Gasteiger partial charge in [0.25, 0.3) is 0 Å². The van der Waals surface area contributed by atoms with Crippen molar-refractivity contribution in [2.45, 2.75) is 0 Å². The van der Waals surface area contributed by atoms with Gasteiger partial charge in [0.1, 0.15) is 5.82 Å². The van der Waals surface area contributed by atoms with E-state index in [1.165, 1.54) is 0 Å². The van der Waals surface area contributed by atoms with Crippen molar-refractivity contribution in [1.82, 2.24) is 39.5 Å². The molecule has 0 aliphatic rings. The van der Waals surface area contributed by atoms with Gasteiger partial charge in [0.2, 0.25) is 0 Å². The molecular formula is C65H40N8. The SMILES string of the molecule is c1ccc(-c2cc(-c3cc(-c4cc(-c5ccccc5)nc(-c5ccc6ccccc6c5)n4)cc(-c4nc5c6cccnc6c6ncccc6c5n4-c4ccccc4)c3)nc(-c3ccc4ccccc4c3)n2)cc1. The molecule has 14 aromatic rings. The summed E-state index contributed by atoms with van der Waals surface area (Å²) >= 11 is 0. The van der Waals surface area contributed by atoms with Crippen molar-refractivity contribution in [2.75, 3.05) is 0 Å². The van der Waals surface area contributed by atoms with Crippen LogP contribution in [0.4, 0.5) is 0 Å². The van der Waals surface area contributed by atoms with Crippen LogP contribution in [0.2, 0.25) is 0 Å². The van der Waals surface area contributed by atoms with Gasteiger partial charge in [-0.05, 0) is 100 Å². The quantitative estimate of drug-likeness (QED) is 0.140. The third-order valence-corrected chi connectivity index (χ3v) is 13.6. The first-order chi connectivity index (χ1) is 36.1. The highest BCUT2D eigenvalue weighted by molar-refractivity contribution is 6.21. The van der Waals surface area contributed by atoms with Gasteiger partial charge < -0.3 is 0 Å². The van der Waals surface area contributed by atoms with Crippen LogP contribution in [0, 0.1) is 0 Å². The Labute approximate surface area is 419 Å². The van der Waals surface area contributed by atoms with Gasteiger partial charge in [-0.25, -0.2) is 24.9 Å². The third kappa shape index (κ3) is 7.53. The zero-order chi connectivity index (χ0) is 48.2. The van der Waals surface area contributed by atoms with Crippen molar-refractivity contribution in [2.24, 2.45) is 0 Å². The minimum Gasteiger partial charge on any atom is -0.292 e. The summed E-state index contributed by atoms with van der Waals surface area (Å²) in [6.45, 7) is 0. The minimum absolute atomic E-state index is 0.621. The molecule has 73 heavy (non-hydrogen) atoms. The van der Waals surface area contributed by atoms with E-state index in [-0.39, 0.29) is 0 Å². The number of hydrogen-bond donors (Lipinski definition) is 0. The first-order valence-electron chi connectivity index (χ1n) is 24.3. The molecule has 5 heterocycles. The lowest BCUT2D eigenvalue weighted by Crippen LogP contribution is -2.01. The van der Waals surface area contributed by atoms with Gasteiger partial charge >= 0.3 is 0 Å². The third-order valence-electron chi connectivity index (χ3n) is 13.6. The van der Waals surface area contributed by atoms with Gasteiger partial charge in [0, 0.05) is 67.8 Å². The van der Waals surface area contributed by atoms with Gasteiger partial charge in [-0.3, -0.25) is 14.5 Å². The van der Waals surface area contributed by atoms with E-state index in [4.69, 9.17) is 34.9 Å². The Morgan fingerprint density at radius 3 is 1.25 bits per heavy atom. The van der Waals surface area contributed by atoms with Crippen LogP contribution < -0.4 is 0 Å². The number of hydrogen-bond acceptors (Lipinski definition) is 7. The van der Waals surface area contributed by atoms with Gasteiger partial charge in [-0.15, -0.1) is 0 Å². The van der Waals surface area contributed by atoms with Crippen molar-refractivity contribution in [1.29, 1.82) is 0 Å². The van der Waals surface area contributed by atoms with E-state index in [0.717, 1.165) is 128 Å². The van der Waals surface area contributed by atoms with Gasteiger partial charge in [-0.1, -0.05) is 152 Å². The van der Waals surface area contributed by atoms with Crippen molar-refractivity contribution >= 4 is 54.4 Å². The van der Waals surface area contributed by atoms with Crippen LogP contribution in [0.1, 0.15) is 0 Å². The molecule has 0 saturated carbocycles. The van der Waals surface area contributed by atoms with Crippen LogP contribution >= 0.6 is 0 Å². The molecule has 0 saturated heterocycles. The standard InChI is InChI=1S/C65H40N8/c1-4-18-43(19-5-1)55-39-57(70-63(68-55)47-30-28-41-16-10-12-22-45(41)34-47)49-36-50(58-40-56(44-20-6-2-7-21-44)69-64(71-58)48-31-29-42-17-11-13-23-46(42)35-48)38-51(37-49)65-72-61-53-26-14-32-66-59(53)60-54(27-15-33-67-60)62(61)73(65)52-24-8-3-9-25-52/h1-40H. The number of aromatic nitrogens is 8. The number of rotatable bonds is 8. The van der Waals surface area contributed by atoms with Crippen LogP contribution in [0.5, 0.6) is 0 Å². The molecule has 0 aliphatic heterocycles. The van der Waals surface area contributed by atoms with E-state index in [2.05, 4.69) is 180 Å². The van der Waals surface area contributed by atoms with Crippen molar-refractivity contribution in [3.05, 3.63) is 243 Å². The number of para-hydroxylation sites is 1. The highest BCUT2D eigenvalue weighted by Crippen LogP contribution is 2.41. The highest BCUT2D eigenvalue weighted by atomic mass is 15.1. The van der Waals surface area contributed by atoms with Crippen LogP contribution in [-0.4, -0.2) is 39.5 Å². The fraction of sp³-hybridized carbons (Fsp3) is 0. The molecule has 0 radical (unpaired) electrons. The summed E-state index contributed by atoms with van der Waals surface area (Å²) in [6, 6.07) is 79.6. The topological polar surface area (TPSA) is 95.2 Å². The Morgan fingerprint density at radius 1 is 0.274 bits per heavy atom. The van der Waals surface area contributed by atoms with Gasteiger partial charge in [0.05, 0.1) is 44.8 Å². The van der Waals surface area contributed by atoms with E-state index < -0.39 is 0 Å². The van der Waals surface area contributed by atoms with Crippen LogP contribution in [0.25, 0.3) is 139 Å². The van der Waals surface area contributed by atoms with Crippen LogP contribution in [0.3, 0.4) is 0 Å². The minimum atomic E-state index is 0.621. The van der Waals surface area contributed by atoms with Crippen LogP contribution in [-0.2, 0) is 0 Å². The Balaban J connectivity index is 1.08. The number of imidazole rings is 1. The van der Waals surface area contributed by atoms with Gasteiger partial charge in [-0.2, -0.15) is 0 Å². The number of nitrogens with zero attached hydrogens (tertiary/aromatic N) is 8. The van der Waals surface area contributed by atoms with Crippen molar-refractivity contribution in [3.63, 3.8) is 0 Å². The summed E-state index contributed by atoms with van der Waals surface area (Å²) in [7, 11) is 0. The van der Waals surface area contributed by atoms with E-state index >= 15 is 0 Å². The molecule has 9 aromatic carbocycles. The molecule has 340 valence electrons. The summed E-state index contributed by atoms with van der Waals surface area (Å²) in [5.74, 6) is 1.98. The molecule has 14 rings (SSSR count). The lowest BCUT2D eigenvalue weighted by molar-refractivity contribution is 1.10. The van der Waals surface area contributed by atoms with E-state index in [9.17, 15) is 0 Å². The van der Waals surface area contributed by atoms with E-state index in [1.54, 1.807) is 0 Å². The lowest BCUT2D eigenvalue weighted by Gasteiger charge is -2.15. The second-order valence-corrected chi connectivity index (χ2v) is 18.2. The average Bonchev–Trinajstić information content (AvgIpc) is 3.89. The Kier molecular flexibility index (Phi) is 9.99. The lowest BCUT2D eigenvalue weighted by atomic mass is 9.98. The molecular weight excluding hydrogens is 893 g/mol. The Bertz CT molecular complexity index is 4250. The molecule has 0 N–H and O–H groups in total. The molecule has 8 heteroatoms. The maximum absolute atomic E-state index is 5.66. The molecule has 5 aromatic heterocycles. The summed E-state index contributed by atoms with van der Waals surface area (Å²) in [4.78, 5) is 36.9. The fourth-order valence-corrected chi connectivity index (χ4v) is 10.1. The number of fused-ring (bicyclic) bond motifs is 8. The fourth-order valence-electron chi connectivity index (χ4n) is 10.1. The van der Waals surface area contributed by atoms with Gasteiger partial charge in [0.15, 0.2) is 11.6 Å². The predicted octanol–water partition coefficient (Wildman–Crippen LogP) is 15.7. The highest BCUT2D eigenvalue weighted by Gasteiger charge is 2.24. The van der Waals surface area contributed by atoms with Crippen molar-refractivity contribution < 1.29 is 0 Å². The summed E-state index contributed by atoms with van der Waals surface area (Å²) in [5.41, 5.74) is 13.9. The second-order valence-electron chi connectivity index (χ2n) is 18.2.